The summed E-state index contributed by atoms with van der Waals surface area (Å²) in [6.45, 7) is 8.77. The first-order valence-corrected chi connectivity index (χ1v) is 8.40. The fourth-order valence-corrected chi connectivity index (χ4v) is 2.33. The SMILES string of the molecule is CCOC(=O)c1coc(C#CC2CCN(C(=O)OC(C)(C)C)CC2)n1. The Bertz CT molecular complexity index is 670. The number of piperidine rings is 1. The van der Waals surface area contributed by atoms with Crippen molar-refractivity contribution in [3.63, 3.8) is 0 Å². The van der Waals surface area contributed by atoms with E-state index in [0.29, 0.717) is 13.1 Å². The molecule has 1 amide bonds. The molecule has 0 aliphatic carbocycles. The van der Waals surface area contributed by atoms with Gasteiger partial charge in [-0.05, 0) is 46.5 Å². The van der Waals surface area contributed by atoms with Gasteiger partial charge in [-0.3, -0.25) is 0 Å². The van der Waals surface area contributed by atoms with Crippen LogP contribution in [0, 0.1) is 17.8 Å². The van der Waals surface area contributed by atoms with E-state index < -0.39 is 11.6 Å². The van der Waals surface area contributed by atoms with E-state index in [4.69, 9.17) is 13.9 Å². The van der Waals surface area contributed by atoms with Gasteiger partial charge in [0.15, 0.2) is 5.69 Å². The van der Waals surface area contributed by atoms with Crippen LogP contribution in [0.2, 0.25) is 0 Å². The Morgan fingerprint density at radius 2 is 2.04 bits per heavy atom. The topological polar surface area (TPSA) is 81.9 Å². The molecule has 2 rings (SSSR count). The summed E-state index contributed by atoms with van der Waals surface area (Å²) in [6.07, 6.45) is 2.48. The number of amides is 1. The summed E-state index contributed by atoms with van der Waals surface area (Å²) in [5.41, 5.74) is -0.374. The number of hydrogen-bond acceptors (Lipinski definition) is 6. The van der Waals surface area contributed by atoms with Crippen LogP contribution >= 0.6 is 0 Å². The molecule has 25 heavy (non-hydrogen) atoms. The predicted molar refractivity (Wildman–Crippen MR) is 89.9 cm³/mol. The van der Waals surface area contributed by atoms with Crippen molar-refractivity contribution in [1.29, 1.82) is 0 Å². The van der Waals surface area contributed by atoms with E-state index in [1.807, 2.05) is 20.8 Å². The molecule has 7 nitrogen and oxygen atoms in total. The highest BCUT2D eigenvalue weighted by molar-refractivity contribution is 5.86. The highest BCUT2D eigenvalue weighted by Gasteiger charge is 2.26. The van der Waals surface area contributed by atoms with Crippen LogP contribution in [0.5, 0.6) is 0 Å². The standard InChI is InChI=1S/C18H24N2O5/c1-5-23-16(21)14-12-24-15(19-14)7-6-13-8-10-20(11-9-13)17(22)25-18(2,3)4/h12-13H,5,8-11H2,1-4H3. The summed E-state index contributed by atoms with van der Waals surface area (Å²) in [6, 6.07) is 0. The minimum atomic E-state index is -0.523. The molecule has 0 aromatic carbocycles. The molecule has 1 fully saturated rings. The molecule has 0 bridgehead atoms. The van der Waals surface area contributed by atoms with Gasteiger partial charge in [-0.2, -0.15) is 4.98 Å². The molecule has 1 aliphatic rings. The Hall–Kier alpha value is -2.49. The third-order valence-corrected chi connectivity index (χ3v) is 3.52. The van der Waals surface area contributed by atoms with Crippen molar-refractivity contribution in [3.05, 3.63) is 17.8 Å². The van der Waals surface area contributed by atoms with Crippen LogP contribution in [-0.2, 0) is 9.47 Å². The van der Waals surface area contributed by atoms with E-state index in [0.717, 1.165) is 12.8 Å². The summed E-state index contributed by atoms with van der Waals surface area (Å²) < 4.78 is 15.4. The Labute approximate surface area is 147 Å². The lowest BCUT2D eigenvalue weighted by atomic mass is 9.98. The quantitative estimate of drug-likeness (QED) is 0.604. The molecule has 1 aromatic heterocycles. The van der Waals surface area contributed by atoms with Crippen LogP contribution < -0.4 is 0 Å². The van der Waals surface area contributed by atoms with E-state index in [1.165, 1.54) is 6.26 Å². The number of ether oxygens (including phenoxy) is 2. The minimum Gasteiger partial charge on any atom is -0.461 e. The van der Waals surface area contributed by atoms with Gasteiger partial charge in [0, 0.05) is 19.0 Å². The van der Waals surface area contributed by atoms with Gasteiger partial charge in [0.1, 0.15) is 11.9 Å². The summed E-state index contributed by atoms with van der Waals surface area (Å²) in [7, 11) is 0. The summed E-state index contributed by atoms with van der Waals surface area (Å²) in [5.74, 6) is 5.76. The first kappa shape index (κ1) is 18.8. The normalized spacial score (nSPS) is 15.3. The molecule has 1 aromatic rings. The summed E-state index contributed by atoms with van der Waals surface area (Å²) in [5, 5.41) is 0. The number of carbonyl (C=O) groups excluding carboxylic acids is 2. The van der Waals surface area contributed by atoms with Crippen LogP contribution in [-0.4, -0.2) is 47.2 Å². The van der Waals surface area contributed by atoms with Crippen LogP contribution in [0.3, 0.4) is 0 Å². The molecule has 7 heteroatoms. The van der Waals surface area contributed by atoms with Crippen LogP contribution in [0.15, 0.2) is 10.7 Å². The molecule has 0 radical (unpaired) electrons. The molecule has 1 saturated heterocycles. The molecule has 0 atom stereocenters. The maximum Gasteiger partial charge on any atom is 0.410 e. The maximum absolute atomic E-state index is 12.0. The zero-order valence-electron chi connectivity index (χ0n) is 15.1. The zero-order chi connectivity index (χ0) is 18.4. The highest BCUT2D eigenvalue weighted by atomic mass is 16.6. The largest absolute Gasteiger partial charge is 0.461 e. The number of carbonyl (C=O) groups is 2. The first-order valence-electron chi connectivity index (χ1n) is 8.40. The molecule has 2 heterocycles. The minimum absolute atomic E-state index is 0.117. The number of rotatable bonds is 2. The Balaban J connectivity index is 1.86. The molecular formula is C18H24N2O5. The second kappa shape index (κ2) is 8.06. The molecule has 1 aliphatic heterocycles. The fourth-order valence-electron chi connectivity index (χ4n) is 2.33. The number of aromatic nitrogens is 1. The maximum atomic E-state index is 12.0. The van der Waals surface area contributed by atoms with Gasteiger partial charge in [-0.25, -0.2) is 9.59 Å². The Morgan fingerprint density at radius 1 is 1.36 bits per heavy atom. The van der Waals surface area contributed by atoms with Crippen molar-refractivity contribution in [1.82, 2.24) is 9.88 Å². The molecule has 0 spiro atoms. The van der Waals surface area contributed by atoms with Crippen LogP contribution in [0.1, 0.15) is 56.9 Å². The van der Waals surface area contributed by atoms with E-state index in [9.17, 15) is 9.59 Å². The zero-order valence-corrected chi connectivity index (χ0v) is 15.1. The number of hydrogen-bond donors (Lipinski definition) is 0. The average Bonchev–Trinajstić information content (AvgIpc) is 3.01. The van der Waals surface area contributed by atoms with Crippen LogP contribution in [0.25, 0.3) is 0 Å². The van der Waals surface area contributed by atoms with Gasteiger partial charge in [0.2, 0.25) is 0 Å². The van der Waals surface area contributed by atoms with E-state index in [2.05, 4.69) is 16.8 Å². The van der Waals surface area contributed by atoms with E-state index in [-0.39, 0.29) is 30.2 Å². The average molecular weight is 348 g/mol. The van der Waals surface area contributed by atoms with Crippen molar-refractivity contribution in [2.45, 2.75) is 46.1 Å². The second-order valence-electron chi connectivity index (χ2n) is 6.77. The van der Waals surface area contributed by atoms with Crippen molar-refractivity contribution < 1.29 is 23.5 Å². The molecule has 136 valence electrons. The third kappa shape index (κ3) is 5.82. The molecule has 0 N–H and O–H groups in total. The molecule has 0 unspecified atom stereocenters. The number of nitrogens with zero attached hydrogens (tertiary/aromatic N) is 2. The van der Waals surface area contributed by atoms with Crippen molar-refractivity contribution in [3.8, 4) is 11.8 Å². The van der Waals surface area contributed by atoms with Gasteiger partial charge in [0.25, 0.3) is 5.89 Å². The van der Waals surface area contributed by atoms with Gasteiger partial charge in [0.05, 0.1) is 6.61 Å². The van der Waals surface area contributed by atoms with Gasteiger partial charge >= 0.3 is 12.1 Å². The van der Waals surface area contributed by atoms with E-state index >= 15 is 0 Å². The van der Waals surface area contributed by atoms with Crippen molar-refractivity contribution in [2.24, 2.45) is 5.92 Å². The summed E-state index contributed by atoms with van der Waals surface area (Å²) >= 11 is 0. The van der Waals surface area contributed by atoms with Crippen molar-refractivity contribution in [2.75, 3.05) is 19.7 Å². The lowest BCUT2D eigenvalue weighted by Crippen LogP contribution is -2.41. The van der Waals surface area contributed by atoms with Gasteiger partial charge < -0.3 is 18.8 Å². The molecule has 0 saturated carbocycles. The van der Waals surface area contributed by atoms with E-state index in [1.54, 1.807) is 11.8 Å². The van der Waals surface area contributed by atoms with Gasteiger partial charge in [-0.1, -0.05) is 5.92 Å². The van der Waals surface area contributed by atoms with Crippen LogP contribution in [0.4, 0.5) is 4.79 Å². The number of oxazole rings is 1. The first-order chi connectivity index (χ1) is 11.8. The van der Waals surface area contributed by atoms with Crippen molar-refractivity contribution >= 4 is 12.1 Å². The number of likely N-dealkylation sites (tertiary alicyclic amines) is 1. The summed E-state index contributed by atoms with van der Waals surface area (Å²) in [4.78, 5) is 29.2. The second-order valence-corrected chi connectivity index (χ2v) is 6.77. The van der Waals surface area contributed by atoms with Gasteiger partial charge in [-0.15, -0.1) is 0 Å². The lowest BCUT2D eigenvalue weighted by molar-refractivity contribution is 0.0199. The molecular weight excluding hydrogens is 324 g/mol. The monoisotopic (exact) mass is 348 g/mol. The Kier molecular flexibility index (Phi) is 6.07. The Morgan fingerprint density at radius 3 is 2.64 bits per heavy atom. The number of esters is 1. The predicted octanol–water partition coefficient (Wildman–Crippen LogP) is 2.85. The third-order valence-electron chi connectivity index (χ3n) is 3.52. The smallest absolute Gasteiger partial charge is 0.410 e. The fraction of sp³-hybridized carbons (Fsp3) is 0.611. The highest BCUT2D eigenvalue weighted by Crippen LogP contribution is 2.19. The lowest BCUT2D eigenvalue weighted by Gasteiger charge is -2.31.